The van der Waals surface area contributed by atoms with Crippen molar-refractivity contribution in [3.63, 3.8) is 0 Å². The van der Waals surface area contributed by atoms with Crippen molar-refractivity contribution in [1.29, 1.82) is 0 Å². The van der Waals surface area contributed by atoms with Crippen molar-refractivity contribution in [1.82, 2.24) is 40.4 Å². The number of nitrogens with zero attached hydrogens (tertiary/aromatic N) is 8. The molecule has 3 aliphatic rings. The van der Waals surface area contributed by atoms with E-state index in [4.69, 9.17) is 5.73 Å². The van der Waals surface area contributed by atoms with E-state index in [1.165, 1.54) is 52.5 Å². The number of anilines is 2. The number of aromatic hydroxyl groups is 2. The summed E-state index contributed by atoms with van der Waals surface area (Å²) in [6, 6.07) is 1.26. The number of phenols is 1. The van der Waals surface area contributed by atoms with Gasteiger partial charge in [-0.15, -0.1) is 16.9 Å². The topological polar surface area (TPSA) is 278 Å². The number of benzene rings is 1. The normalized spacial score (nSPS) is 21.8. The molecule has 3 aromatic rings. The van der Waals surface area contributed by atoms with Gasteiger partial charge in [0.25, 0.3) is 5.91 Å². The zero-order valence-corrected chi connectivity index (χ0v) is 31.0. The number of fused-ring (bicyclic) bond motifs is 1. The fourth-order valence-corrected chi connectivity index (χ4v) is 8.31. The molecule has 19 nitrogen and oxygen atoms in total. The molecular formula is C29H32N11NaO8S2. The Balaban J connectivity index is 0.00000504. The van der Waals surface area contributed by atoms with E-state index in [1.807, 2.05) is 0 Å². The number of amides is 4. The summed E-state index contributed by atoms with van der Waals surface area (Å²) in [5, 5.41) is 59.4. The van der Waals surface area contributed by atoms with E-state index in [-0.39, 0.29) is 81.9 Å². The number of hydrogen-bond donors (Lipinski definition) is 6. The molecule has 4 heterocycles. The molecule has 4 amide bonds. The molecule has 2 fully saturated rings. The fraction of sp³-hybridized carbons (Fsp3) is 0.414. The van der Waals surface area contributed by atoms with Gasteiger partial charge in [-0.25, -0.2) is 14.5 Å². The number of aliphatic hydroxyl groups is 1. The zero-order chi connectivity index (χ0) is 35.7. The number of tetrazole rings is 1. The SMILES string of the molecule is Cn1nnnc1SCC1=C(C(=O)[O-])N2C(=O)C(NC(=O)C(c3ccc(O)cc3)N(C(N)=O)c3cnc(NC4CCC(O)CC4)nc3O)[C@@H]2SC1.[Na+]. The molecular weight excluding hydrogens is 718 g/mol. The third kappa shape index (κ3) is 8.02. The number of urea groups is 1. The summed E-state index contributed by atoms with van der Waals surface area (Å²) >= 11 is 2.41. The molecule has 2 aromatic heterocycles. The fourth-order valence-electron chi connectivity index (χ4n) is 5.98. The molecule has 22 heteroatoms. The van der Waals surface area contributed by atoms with E-state index in [9.17, 15) is 39.6 Å². The summed E-state index contributed by atoms with van der Waals surface area (Å²) in [4.78, 5) is 62.8. The molecule has 51 heavy (non-hydrogen) atoms. The van der Waals surface area contributed by atoms with Gasteiger partial charge >= 0.3 is 35.6 Å². The summed E-state index contributed by atoms with van der Waals surface area (Å²) in [6.45, 7) is 0. The van der Waals surface area contributed by atoms with Gasteiger partial charge in [-0.1, -0.05) is 23.9 Å². The first kappa shape index (κ1) is 38.1. The second-order valence-electron chi connectivity index (χ2n) is 11.8. The number of nitrogens with two attached hydrogens (primary N) is 1. The Kier molecular flexibility index (Phi) is 12.0. The van der Waals surface area contributed by atoms with Gasteiger partial charge < -0.3 is 41.6 Å². The third-order valence-corrected chi connectivity index (χ3v) is 10.9. The number of carboxylic acids is 1. The Bertz CT molecular complexity index is 1840. The van der Waals surface area contributed by atoms with Gasteiger partial charge in [0.1, 0.15) is 28.9 Å². The molecule has 1 saturated carbocycles. The first-order chi connectivity index (χ1) is 23.9. The first-order valence-corrected chi connectivity index (χ1v) is 17.4. The summed E-state index contributed by atoms with van der Waals surface area (Å²) in [5.74, 6) is -3.56. The molecule has 264 valence electrons. The maximum Gasteiger partial charge on any atom is 1.00 e. The van der Waals surface area contributed by atoms with Gasteiger partial charge in [0.15, 0.2) is 0 Å². The van der Waals surface area contributed by atoms with Gasteiger partial charge in [0.2, 0.25) is 22.9 Å². The standard InChI is InChI=1S/C29H33N11O8S2.Na/c1-38-29(35-36-37-38)50-12-14-11-49-25-19(24(45)40(25)21(14)26(46)47)33-23(44)20(13-2-6-16(41)7-3-13)39(27(30)48)18-10-31-28(34-22(18)43)32-15-4-8-17(42)9-5-15;/h2-3,6-7,10,15,17,19-20,25,41-42H,4-5,8-9,11-12H2,1H3,(H2,30,48)(H,33,44)(H,46,47)(H2,31,32,34,43);/q;+1/p-1/t15?,17?,19?,20?,25-;/m0./s1. The van der Waals surface area contributed by atoms with Gasteiger partial charge in [-0.3, -0.25) is 19.4 Å². The number of rotatable bonds is 11. The number of aliphatic carboxylic acids is 1. The predicted molar refractivity (Wildman–Crippen MR) is 175 cm³/mol. The van der Waals surface area contributed by atoms with E-state index in [0.717, 1.165) is 16.0 Å². The Morgan fingerprint density at radius 1 is 1.18 bits per heavy atom. The number of phenolic OH excluding ortho intramolecular Hbond substituents is 1. The van der Waals surface area contributed by atoms with Crippen molar-refractivity contribution < 1.29 is 69.2 Å². The summed E-state index contributed by atoms with van der Waals surface area (Å²) in [6.07, 6.45) is 3.23. The maximum absolute atomic E-state index is 14.1. The quantitative estimate of drug-likeness (QED) is 0.0618. The Morgan fingerprint density at radius 3 is 2.49 bits per heavy atom. The largest absolute Gasteiger partial charge is 1.00 e. The molecule has 0 radical (unpaired) electrons. The molecule has 7 N–H and O–H groups in total. The van der Waals surface area contributed by atoms with Crippen LogP contribution in [0.15, 0.2) is 46.9 Å². The average molecular weight is 750 g/mol. The van der Waals surface area contributed by atoms with Crippen LogP contribution in [0.5, 0.6) is 11.6 Å². The molecule has 6 rings (SSSR count). The van der Waals surface area contributed by atoms with E-state index in [2.05, 4.69) is 36.1 Å². The number of hydrogen-bond acceptors (Lipinski definition) is 16. The first-order valence-electron chi connectivity index (χ1n) is 15.3. The van der Waals surface area contributed by atoms with Crippen molar-refractivity contribution in [2.75, 3.05) is 21.7 Å². The third-order valence-electron chi connectivity index (χ3n) is 8.49. The van der Waals surface area contributed by atoms with Gasteiger partial charge in [0.05, 0.1) is 24.0 Å². The number of aliphatic hydroxyl groups excluding tert-OH is 1. The van der Waals surface area contributed by atoms with E-state index < -0.39 is 47.2 Å². The number of thioether (sulfide) groups is 2. The number of aromatic nitrogens is 6. The number of nitrogens with one attached hydrogen (secondary N) is 2. The Hall–Kier alpha value is -4.15. The maximum atomic E-state index is 14.1. The van der Waals surface area contributed by atoms with Crippen LogP contribution in [0.1, 0.15) is 37.3 Å². The predicted octanol–water partition coefficient (Wildman–Crippen LogP) is -4.05. The van der Waals surface area contributed by atoms with Crippen molar-refractivity contribution in [2.45, 2.75) is 60.4 Å². The number of primary amides is 1. The van der Waals surface area contributed by atoms with Crippen LogP contribution in [0.4, 0.5) is 16.4 Å². The van der Waals surface area contributed by atoms with Crippen LogP contribution in [0.2, 0.25) is 0 Å². The summed E-state index contributed by atoms with van der Waals surface area (Å²) in [7, 11) is 1.63. The number of aryl methyl sites for hydroxylation is 1. The molecule has 2 unspecified atom stereocenters. The van der Waals surface area contributed by atoms with E-state index in [0.29, 0.717) is 36.4 Å². The minimum absolute atomic E-state index is 0. The van der Waals surface area contributed by atoms with E-state index in [1.54, 1.807) is 7.05 Å². The van der Waals surface area contributed by atoms with Gasteiger partial charge in [0, 0.05) is 24.6 Å². The van der Waals surface area contributed by atoms with Crippen LogP contribution in [-0.2, 0) is 21.4 Å². The molecule has 1 aromatic carbocycles. The Labute approximate surface area is 320 Å². The number of carboxylic acid groups (broad SMARTS) is 1. The second-order valence-corrected chi connectivity index (χ2v) is 13.8. The Morgan fingerprint density at radius 2 is 1.88 bits per heavy atom. The smallest absolute Gasteiger partial charge is 0.543 e. The van der Waals surface area contributed by atoms with Crippen LogP contribution < -0.4 is 55.9 Å². The van der Waals surface area contributed by atoms with Gasteiger partial charge in [-0.2, -0.15) is 4.98 Å². The average Bonchev–Trinajstić information content (AvgIpc) is 3.50. The summed E-state index contributed by atoms with van der Waals surface area (Å²) < 4.78 is 1.42. The molecule has 0 spiro atoms. The number of β-lactam (4-membered cyclic amide) rings is 1. The monoisotopic (exact) mass is 749 g/mol. The zero-order valence-electron chi connectivity index (χ0n) is 27.4. The van der Waals surface area contributed by atoms with Crippen LogP contribution in [0, 0.1) is 0 Å². The number of carbonyl (C=O) groups is 4. The minimum atomic E-state index is -1.60. The second kappa shape index (κ2) is 16.0. The molecule has 2 aliphatic heterocycles. The number of carbonyl (C=O) groups excluding carboxylic acids is 4. The van der Waals surface area contributed by atoms with Crippen LogP contribution in [-0.4, -0.2) is 109 Å². The van der Waals surface area contributed by atoms with Crippen molar-refractivity contribution in [3.8, 4) is 11.6 Å². The van der Waals surface area contributed by atoms with Gasteiger partial charge in [-0.05, 0) is 59.4 Å². The molecule has 1 aliphatic carbocycles. The van der Waals surface area contributed by atoms with Crippen molar-refractivity contribution >= 4 is 59.0 Å². The molecule has 3 atom stereocenters. The molecule has 0 bridgehead atoms. The van der Waals surface area contributed by atoms with Crippen LogP contribution in [0.3, 0.4) is 0 Å². The van der Waals surface area contributed by atoms with Crippen LogP contribution >= 0.6 is 23.5 Å². The van der Waals surface area contributed by atoms with Crippen molar-refractivity contribution in [2.24, 2.45) is 12.8 Å². The van der Waals surface area contributed by atoms with Crippen molar-refractivity contribution in [3.05, 3.63) is 47.3 Å². The van der Waals surface area contributed by atoms with Crippen LogP contribution in [0.25, 0.3) is 0 Å². The van der Waals surface area contributed by atoms with E-state index >= 15 is 0 Å². The minimum Gasteiger partial charge on any atom is -0.543 e. The summed E-state index contributed by atoms with van der Waals surface area (Å²) in [5.41, 5.74) is 5.71. The molecule has 1 saturated heterocycles.